The molecule has 1 aliphatic rings. The Bertz CT molecular complexity index is 721. The van der Waals surface area contributed by atoms with E-state index < -0.39 is 0 Å². The zero-order valence-electron chi connectivity index (χ0n) is 13.2. The first-order valence-electron chi connectivity index (χ1n) is 7.70. The van der Waals surface area contributed by atoms with E-state index in [1.165, 1.54) is 4.88 Å². The van der Waals surface area contributed by atoms with Crippen molar-refractivity contribution in [3.8, 4) is 11.8 Å². The van der Waals surface area contributed by atoms with Gasteiger partial charge in [-0.1, -0.05) is 24.1 Å². The van der Waals surface area contributed by atoms with Crippen molar-refractivity contribution in [3.05, 3.63) is 52.0 Å². The number of carbonyl (C=O) groups excluding carboxylic acids is 1. The monoisotopic (exact) mass is 325 g/mol. The molecular weight excluding hydrogens is 306 g/mol. The second kappa shape index (κ2) is 7.40. The number of rotatable bonds is 2. The zero-order chi connectivity index (χ0) is 16.1. The predicted octanol–water partition coefficient (Wildman–Crippen LogP) is 2.15. The maximum Gasteiger partial charge on any atom is 0.298 e. The Labute approximate surface area is 140 Å². The fourth-order valence-electron chi connectivity index (χ4n) is 2.53. The summed E-state index contributed by atoms with van der Waals surface area (Å²) >= 11 is 1.74. The first kappa shape index (κ1) is 15.7. The van der Waals surface area contributed by atoms with E-state index in [0.717, 1.165) is 43.3 Å². The van der Waals surface area contributed by atoms with E-state index in [1.54, 1.807) is 11.3 Å². The molecule has 0 unspecified atom stereocenters. The van der Waals surface area contributed by atoms with E-state index in [4.69, 9.17) is 0 Å². The molecule has 118 valence electrons. The molecule has 0 saturated carbocycles. The minimum absolute atomic E-state index is 0.0814. The maximum atomic E-state index is 12.2. The molecule has 23 heavy (non-hydrogen) atoms. The van der Waals surface area contributed by atoms with Crippen molar-refractivity contribution in [2.24, 2.45) is 0 Å². The highest BCUT2D eigenvalue weighted by atomic mass is 32.1. The van der Waals surface area contributed by atoms with Gasteiger partial charge in [-0.15, -0.1) is 11.3 Å². The lowest BCUT2D eigenvalue weighted by molar-refractivity contribution is -0.126. The van der Waals surface area contributed by atoms with E-state index in [2.05, 4.69) is 21.7 Å². The first-order chi connectivity index (χ1) is 11.2. The molecule has 1 aromatic carbocycles. The van der Waals surface area contributed by atoms with E-state index in [0.29, 0.717) is 0 Å². The van der Waals surface area contributed by atoms with Crippen molar-refractivity contribution in [1.29, 1.82) is 0 Å². The minimum Gasteiger partial charge on any atom is -0.329 e. The third-order valence-electron chi connectivity index (χ3n) is 3.80. The van der Waals surface area contributed by atoms with Crippen LogP contribution in [0.2, 0.25) is 0 Å². The molecule has 2 heterocycles. The van der Waals surface area contributed by atoms with Gasteiger partial charge in [-0.2, -0.15) is 0 Å². The number of piperazine rings is 1. The Morgan fingerprint density at radius 3 is 2.61 bits per heavy atom. The summed E-state index contributed by atoms with van der Waals surface area (Å²) in [5.74, 6) is 5.60. The number of amides is 1. The average molecular weight is 325 g/mol. The number of aryl methyl sites for hydroxylation is 1. The molecule has 0 N–H and O–H groups in total. The van der Waals surface area contributed by atoms with Crippen LogP contribution in [0, 0.1) is 18.8 Å². The molecule has 5 heteroatoms. The highest BCUT2D eigenvalue weighted by Gasteiger charge is 2.20. The first-order valence-corrected chi connectivity index (χ1v) is 8.52. The Morgan fingerprint density at radius 2 is 1.96 bits per heavy atom. The number of carbonyl (C=O) groups is 1. The van der Waals surface area contributed by atoms with E-state index in [1.807, 2.05) is 48.4 Å². The van der Waals surface area contributed by atoms with Gasteiger partial charge in [0.2, 0.25) is 0 Å². The summed E-state index contributed by atoms with van der Waals surface area (Å²) in [6.45, 7) is 6.19. The van der Waals surface area contributed by atoms with Gasteiger partial charge in [-0.05, 0) is 19.1 Å². The second-order valence-electron chi connectivity index (χ2n) is 5.53. The molecule has 4 nitrogen and oxygen atoms in total. The van der Waals surface area contributed by atoms with E-state index in [-0.39, 0.29) is 5.91 Å². The Kier molecular flexibility index (Phi) is 5.06. The van der Waals surface area contributed by atoms with Crippen LogP contribution >= 0.6 is 11.3 Å². The van der Waals surface area contributed by atoms with Crippen molar-refractivity contribution in [3.63, 3.8) is 0 Å². The Morgan fingerprint density at radius 1 is 1.22 bits per heavy atom. The lowest BCUT2D eigenvalue weighted by Crippen LogP contribution is -2.47. The third kappa shape index (κ3) is 4.41. The smallest absolute Gasteiger partial charge is 0.298 e. The molecule has 1 aromatic heterocycles. The molecule has 2 aromatic rings. The lowest BCUT2D eigenvalue weighted by Gasteiger charge is -2.33. The quantitative estimate of drug-likeness (QED) is 0.794. The van der Waals surface area contributed by atoms with Gasteiger partial charge in [0.05, 0.1) is 5.01 Å². The van der Waals surface area contributed by atoms with Crippen LogP contribution in [0.4, 0.5) is 0 Å². The summed E-state index contributed by atoms with van der Waals surface area (Å²) in [6.07, 6.45) is 1.95. The summed E-state index contributed by atoms with van der Waals surface area (Å²) in [5, 5.41) is 1.10. The van der Waals surface area contributed by atoms with E-state index in [9.17, 15) is 4.79 Å². The predicted molar refractivity (Wildman–Crippen MR) is 92.0 cm³/mol. The molecule has 0 atom stereocenters. The Balaban J connectivity index is 1.50. The van der Waals surface area contributed by atoms with Gasteiger partial charge in [0.25, 0.3) is 5.91 Å². The van der Waals surface area contributed by atoms with Crippen molar-refractivity contribution < 1.29 is 4.79 Å². The minimum atomic E-state index is -0.0814. The summed E-state index contributed by atoms with van der Waals surface area (Å²) in [5.41, 5.74) is 0.875. The van der Waals surface area contributed by atoms with Gasteiger partial charge >= 0.3 is 0 Å². The van der Waals surface area contributed by atoms with Crippen LogP contribution in [0.1, 0.15) is 15.4 Å². The van der Waals surface area contributed by atoms with Gasteiger partial charge in [-0.3, -0.25) is 9.69 Å². The normalized spacial score (nSPS) is 15.1. The van der Waals surface area contributed by atoms with Crippen LogP contribution in [0.25, 0.3) is 0 Å². The molecule has 0 aliphatic carbocycles. The number of aromatic nitrogens is 1. The SMILES string of the molecule is Cc1ncc(CN2CCN(C(=O)C#Cc3ccccc3)CC2)s1. The van der Waals surface area contributed by atoms with Gasteiger partial charge in [0, 0.05) is 55.3 Å². The maximum absolute atomic E-state index is 12.2. The summed E-state index contributed by atoms with van der Waals surface area (Å²) in [6, 6.07) is 9.62. The summed E-state index contributed by atoms with van der Waals surface area (Å²) in [4.78, 5) is 21.9. The largest absolute Gasteiger partial charge is 0.329 e. The van der Waals surface area contributed by atoms with Crippen LogP contribution in [0.3, 0.4) is 0 Å². The van der Waals surface area contributed by atoms with Crippen molar-refractivity contribution in [1.82, 2.24) is 14.8 Å². The van der Waals surface area contributed by atoms with Crippen LogP contribution in [-0.2, 0) is 11.3 Å². The molecule has 3 rings (SSSR count). The molecule has 1 aliphatic heterocycles. The van der Waals surface area contributed by atoms with Crippen molar-refractivity contribution >= 4 is 17.2 Å². The average Bonchev–Trinajstić information content (AvgIpc) is 2.99. The van der Waals surface area contributed by atoms with Gasteiger partial charge in [0.1, 0.15) is 0 Å². The molecule has 1 amide bonds. The fourth-order valence-corrected chi connectivity index (χ4v) is 3.37. The van der Waals surface area contributed by atoms with Gasteiger partial charge in [0.15, 0.2) is 0 Å². The number of hydrogen-bond acceptors (Lipinski definition) is 4. The lowest BCUT2D eigenvalue weighted by atomic mass is 10.2. The highest BCUT2D eigenvalue weighted by Crippen LogP contribution is 2.15. The molecule has 1 saturated heterocycles. The summed E-state index contributed by atoms with van der Waals surface area (Å²) < 4.78 is 0. The van der Waals surface area contributed by atoms with Crippen molar-refractivity contribution in [2.45, 2.75) is 13.5 Å². The zero-order valence-corrected chi connectivity index (χ0v) is 14.0. The topological polar surface area (TPSA) is 36.4 Å². The molecule has 0 radical (unpaired) electrons. The third-order valence-corrected chi connectivity index (χ3v) is 4.69. The van der Waals surface area contributed by atoms with Crippen molar-refractivity contribution in [2.75, 3.05) is 26.2 Å². The fraction of sp³-hybridized carbons (Fsp3) is 0.333. The van der Waals surface area contributed by atoms with Crippen LogP contribution in [-0.4, -0.2) is 46.9 Å². The Hall–Kier alpha value is -2.16. The molecule has 0 bridgehead atoms. The highest BCUT2D eigenvalue weighted by molar-refractivity contribution is 7.11. The standard InChI is InChI=1S/C18H19N3OS/c1-15-19-13-17(23-15)14-20-9-11-21(12-10-20)18(22)8-7-16-5-3-2-4-6-16/h2-6,13H,9-12,14H2,1H3. The number of hydrogen-bond donors (Lipinski definition) is 0. The molecular formula is C18H19N3OS. The van der Waals surface area contributed by atoms with Crippen LogP contribution in [0.5, 0.6) is 0 Å². The number of nitrogens with zero attached hydrogens (tertiary/aromatic N) is 3. The summed E-state index contributed by atoms with van der Waals surface area (Å²) in [7, 11) is 0. The second-order valence-corrected chi connectivity index (χ2v) is 6.85. The number of thiazole rings is 1. The number of benzene rings is 1. The van der Waals surface area contributed by atoms with E-state index >= 15 is 0 Å². The van der Waals surface area contributed by atoms with Crippen LogP contribution < -0.4 is 0 Å². The molecule has 1 fully saturated rings. The van der Waals surface area contributed by atoms with Gasteiger partial charge < -0.3 is 4.90 Å². The van der Waals surface area contributed by atoms with Gasteiger partial charge in [-0.25, -0.2) is 4.98 Å². The molecule has 0 spiro atoms. The van der Waals surface area contributed by atoms with Crippen LogP contribution in [0.15, 0.2) is 36.5 Å².